The molecule has 0 bridgehead atoms. The fourth-order valence-corrected chi connectivity index (χ4v) is 33.2. The smallest absolute Gasteiger partial charge is 0.147 e. The van der Waals surface area contributed by atoms with E-state index in [9.17, 15) is 0 Å². The molecule has 0 spiro atoms. The minimum Gasteiger partial charge on any atom is -0.147 e. The van der Waals surface area contributed by atoms with Crippen molar-refractivity contribution in [3.8, 4) is 22.3 Å². The normalized spacial score (nSPS) is 20.8. The fraction of sp³-hybridized carbons (Fsp3) is 0.379. The second-order valence-corrected chi connectivity index (χ2v) is 52.2. The van der Waals surface area contributed by atoms with Gasteiger partial charge in [-0.15, -0.1) is 24.8 Å². The summed E-state index contributed by atoms with van der Waals surface area (Å²) < 4.78 is 6.83. The Morgan fingerprint density at radius 3 is 1.19 bits per heavy atom. The molecule has 0 radical (unpaired) electrons. The predicted octanol–water partition coefficient (Wildman–Crippen LogP) is 17.6. The molecule has 0 aliphatic heterocycles. The average molecular weight is 955 g/mol. The third-order valence-corrected chi connectivity index (χ3v) is 33.7. The Kier molecular flexibility index (Phi) is 13.1. The Labute approximate surface area is 387 Å². The molecule has 0 N–H and O–H groups in total. The van der Waals surface area contributed by atoms with Crippen molar-refractivity contribution in [2.24, 2.45) is 10.8 Å². The Bertz CT molecular complexity index is 2560. The van der Waals surface area contributed by atoms with E-state index >= 15 is 0 Å². The summed E-state index contributed by atoms with van der Waals surface area (Å²) in [6.07, 6.45) is 24.6. The first kappa shape index (κ1) is 45.6. The van der Waals surface area contributed by atoms with Gasteiger partial charge in [-0.25, -0.2) is 0 Å². The summed E-state index contributed by atoms with van der Waals surface area (Å²) >= 11 is -4.03. The molecule has 62 heavy (non-hydrogen) atoms. The van der Waals surface area contributed by atoms with Gasteiger partial charge in [-0.2, -0.15) is 0 Å². The molecular weight excluding hydrogens is 887 g/mol. The van der Waals surface area contributed by atoms with Crippen LogP contribution in [-0.2, 0) is 17.4 Å². The van der Waals surface area contributed by atoms with E-state index in [4.69, 9.17) is 0 Å². The van der Waals surface area contributed by atoms with Crippen LogP contribution < -0.4 is 0 Å². The van der Waals surface area contributed by atoms with Crippen LogP contribution in [0.1, 0.15) is 133 Å². The largest absolute Gasteiger partial charge is 0.147 e. The number of allylic oxidation sites excluding steroid dienone is 2. The van der Waals surface area contributed by atoms with Gasteiger partial charge in [0, 0.05) is 0 Å². The van der Waals surface area contributed by atoms with Crippen molar-refractivity contribution in [1.29, 1.82) is 0 Å². The maximum absolute atomic E-state index is 4.03. The van der Waals surface area contributed by atoms with E-state index < -0.39 is 17.4 Å². The van der Waals surface area contributed by atoms with Crippen LogP contribution in [-0.4, -0.2) is 6.88 Å². The summed E-state index contributed by atoms with van der Waals surface area (Å²) in [5, 5.41) is 5.39. The maximum atomic E-state index is 2.92. The van der Waals surface area contributed by atoms with Crippen LogP contribution in [0, 0.1) is 10.8 Å². The van der Waals surface area contributed by atoms with Gasteiger partial charge in [-0.3, -0.25) is 0 Å². The number of rotatable bonds is 8. The Hall–Kier alpha value is -3.00. The van der Waals surface area contributed by atoms with E-state index in [0.29, 0.717) is 18.1 Å². The molecule has 0 aromatic heterocycles. The quantitative estimate of drug-likeness (QED) is 0.105. The maximum Gasteiger partial charge on any atom is -0.147 e. The zero-order chi connectivity index (χ0) is 41.1. The van der Waals surface area contributed by atoms with E-state index in [0.717, 1.165) is 0 Å². The standard InChI is InChI=1S/2C28H29.2CH3.2ClH.H2Si.Zr/c2*1-28(16-6-2-3-7-17-28)20-21-18-23-12-9-15-26(27(23)19-21)25-14-8-11-22-10-4-5-13-24(22)25;;;;;;/h2*4-5,8-15,18-19H,2-3,6-7,16-17,20H2,1H3;2*1H3;2*1H;1H2;. The van der Waals surface area contributed by atoms with Crippen molar-refractivity contribution < 1.29 is 17.4 Å². The fourth-order valence-electron chi connectivity index (χ4n) is 13.5. The number of hydrogen-bond donors (Lipinski definition) is 0. The molecule has 4 aliphatic rings. The monoisotopic (exact) mass is 952 g/mol. The summed E-state index contributed by atoms with van der Waals surface area (Å²) in [6, 6.07) is 46.9. The second kappa shape index (κ2) is 17.8. The van der Waals surface area contributed by atoms with Crippen LogP contribution in [0.2, 0.25) is 9.26 Å². The van der Waals surface area contributed by atoms with Crippen LogP contribution in [0.15, 0.2) is 132 Å². The Balaban J connectivity index is 0.00000264. The van der Waals surface area contributed by atoms with Crippen LogP contribution in [0.25, 0.3) is 56.0 Å². The molecule has 2 saturated carbocycles. The van der Waals surface area contributed by atoms with Gasteiger partial charge in [0.25, 0.3) is 0 Å². The molecule has 322 valence electrons. The third-order valence-electron chi connectivity index (χ3n) is 16.2. The van der Waals surface area contributed by atoms with E-state index in [2.05, 4.69) is 163 Å². The molecule has 2 fully saturated rings. The minimum absolute atomic E-state index is 0. The van der Waals surface area contributed by atoms with Gasteiger partial charge >= 0.3 is 366 Å². The van der Waals surface area contributed by atoms with Crippen molar-refractivity contribution in [1.82, 2.24) is 0 Å². The van der Waals surface area contributed by atoms with Gasteiger partial charge in [0.1, 0.15) is 0 Å². The SMILES string of the molecule is CC1(CC2=Cc3c(-c4cccc5ccccc45)cccc3[CH]2[Zr]([CH3])([CH3])(=[SiH2])[CH]2C(CC3(C)CCCCCC3)=Cc3c(-c4cccc5ccccc45)cccc32)CCCCCC1.Cl.Cl. The molecule has 0 nitrogen and oxygen atoms in total. The molecule has 4 aliphatic carbocycles. The number of fused-ring (bicyclic) bond motifs is 4. The molecule has 6 aromatic rings. The van der Waals surface area contributed by atoms with Gasteiger partial charge in [0.2, 0.25) is 0 Å². The van der Waals surface area contributed by atoms with Crippen molar-refractivity contribution in [2.45, 2.75) is 120 Å². The van der Waals surface area contributed by atoms with E-state index in [1.54, 1.807) is 22.3 Å². The molecule has 0 saturated heterocycles. The van der Waals surface area contributed by atoms with E-state index in [1.807, 2.05) is 0 Å². The summed E-state index contributed by atoms with van der Waals surface area (Å²) in [5.74, 6) is 0. The zero-order valence-corrected chi connectivity index (χ0v) is 43.3. The first-order chi connectivity index (χ1) is 29.0. The molecule has 0 heterocycles. The molecule has 2 atom stereocenters. The zero-order valence-electron chi connectivity index (χ0n) is 37.8. The minimum atomic E-state index is -4.03. The van der Waals surface area contributed by atoms with Gasteiger partial charge in [0.05, 0.1) is 0 Å². The van der Waals surface area contributed by atoms with Crippen LogP contribution in [0.3, 0.4) is 0 Å². The van der Waals surface area contributed by atoms with Gasteiger partial charge in [0.15, 0.2) is 0 Å². The van der Waals surface area contributed by atoms with Crippen molar-refractivity contribution >= 4 is 65.4 Å². The number of hydrogen-bond acceptors (Lipinski definition) is 0. The first-order valence-corrected chi connectivity index (χ1v) is 37.4. The molecule has 6 aromatic carbocycles. The van der Waals surface area contributed by atoms with Crippen LogP contribution >= 0.6 is 24.8 Å². The second-order valence-electron chi connectivity index (χ2n) is 21.7. The third kappa shape index (κ3) is 8.27. The summed E-state index contributed by atoms with van der Waals surface area (Å²) in [5.41, 5.74) is 16.2. The molecule has 4 heteroatoms. The van der Waals surface area contributed by atoms with Gasteiger partial charge in [-0.05, 0) is 0 Å². The Morgan fingerprint density at radius 1 is 0.452 bits per heavy atom. The average Bonchev–Trinajstić information content (AvgIpc) is 3.64. The summed E-state index contributed by atoms with van der Waals surface area (Å²) in [7, 11) is 0. The number of benzene rings is 6. The predicted molar refractivity (Wildman–Crippen MR) is 276 cm³/mol. The van der Waals surface area contributed by atoms with Crippen molar-refractivity contribution in [3.63, 3.8) is 0 Å². The first-order valence-electron chi connectivity index (χ1n) is 23.7. The van der Waals surface area contributed by atoms with Crippen LogP contribution in [0.4, 0.5) is 0 Å². The van der Waals surface area contributed by atoms with E-state index in [-0.39, 0.29) is 24.8 Å². The summed E-state index contributed by atoms with van der Waals surface area (Å²) in [4.78, 5) is 0. The molecular formula is C58H68Cl2SiZr. The van der Waals surface area contributed by atoms with Gasteiger partial charge in [-0.1, -0.05) is 0 Å². The number of halogens is 2. The van der Waals surface area contributed by atoms with Crippen LogP contribution in [0.5, 0.6) is 0 Å². The van der Waals surface area contributed by atoms with Crippen molar-refractivity contribution in [3.05, 3.63) is 155 Å². The summed E-state index contributed by atoms with van der Waals surface area (Å²) in [6.45, 7) is 7.90. The van der Waals surface area contributed by atoms with Crippen molar-refractivity contribution in [2.75, 3.05) is 0 Å². The van der Waals surface area contributed by atoms with Gasteiger partial charge < -0.3 is 0 Å². The topological polar surface area (TPSA) is 0 Å². The van der Waals surface area contributed by atoms with E-state index in [1.165, 1.54) is 145 Å². The Morgan fingerprint density at radius 2 is 0.790 bits per heavy atom. The molecule has 2 unspecified atom stereocenters. The molecule has 0 amide bonds. The molecule has 10 rings (SSSR count).